The molecule has 0 N–H and O–H groups in total. The molecule has 0 amide bonds. The Kier molecular flexibility index (Phi) is 5.76. The Labute approximate surface area is 205 Å². The van der Waals surface area contributed by atoms with Gasteiger partial charge in [-0.1, -0.05) is 76.5 Å². The van der Waals surface area contributed by atoms with E-state index in [1.807, 2.05) is 18.5 Å². The summed E-state index contributed by atoms with van der Waals surface area (Å²) < 4.78 is 0. The second kappa shape index (κ2) is 8.62. The van der Waals surface area contributed by atoms with Crippen LogP contribution in [0.5, 0.6) is 0 Å². The summed E-state index contributed by atoms with van der Waals surface area (Å²) in [4.78, 5) is 6.65. The SMILES string of the molecule is CN(c1ccccc1)c1ccc(-c2cccnc2)cc1C1=CC=C(B2CC(C)(C)C2(C)C)CC1. The number of anilines is 2. The first-order valence-electron chi connectivity index (χ1n) is 12.5. The maximum absolute atomic E-state index is 4.34. The molecule has 2 aromatic carbocycles. The summed E-state index contributed by atoms with van der Waals surface area (Å²) in [5, 5.41) is 0.364. The van der Waals surface area contributed by atoms with Crippen molar-refractivity contribution in [2.75, 3.05) is 11.9 Å². The molecule has 34 heavy (non-hydrogen) atoms. The van der Waals surface area contributed by atoms with Gasteiger partial charge in [0.25, 0.3) is 0 Å². The smallest absolute Gasteiger partial charge is 0.177 e. The zero-order valence-electron chi connectivity index (χ0n) is 21.2. The van der Waals surface area contributed by atoms with Crippen LogP contribution in [0.4, 0.5) is 11.4 Å². The highest BCUT2D eigenvalue weighted by Gasteiger charge is 2.56. The molecule has 5 rings (SSSR count). The largest absolute Gasteiger partial charge is 0.344 e. The van der Waals surface area contributed by atoms with Crippen LogP contribution < -0.4 is 4.90 Å². The zero-order valence-corrected chi connectivity index (χ0v) is 21.2. The van der Waals surface area contributed by atoms with E-state index in [2.05, 4.69) is 111 Å². The van der Waals surface area contributed by atoms with Crippen LogP contribution in [0, 0.1) is 5.41 Å². The monoisotopic (exact) mass is 446 g/mol. The van der Waals surface area contributed by atoms with Gasteiger partial charge in [-0.05, 0) is 65.0 Å². The molecule has 0 saturated carbocycles. The minimum Gasteiger partial charge on any atom is -0.344 e. The van der Waals surface area contributed by atoms with E-state index in [0.717, 1.165) is 18.4 Å². The number of rotatable bonds is 5. The molecule has 2 aliphatic rings. The molecule has 2 heterocycles. The van der Waals surface area contributed by atoms with Crippen molar-refractivity contribution in [2.24, 2.45) is 5.41 Å². The Bertz CT molecular complexity index is 1240. The van der Waals surface area contributed by atoms with Crippen molar-refractivity contribution in [3.63, 3.8) is 0 Å². The highest BCUT2D eigenvalue weighted by molar-refractivity contribution is 6.73. The number of benzene rings is 2. The highest BCUT2D eigenvalue weighted by atomic mass is 15.1. The number of aromatic nitrogens is 1. The van der Waals surface area contributed by atoms with Crippen LogP contribution in [-0.4, -0.2) is 18.7 Å². The molecular weight excluding hydrogens is 411 g/mol. The van der Waals surface area contributed by atoms with E-state index in [4.69, 9.17) is 0 Å². The van der Waals surface area contributed by atoms with Gasteiger partial charge < -0.3 is 4.90 Å². The van der Waals surface area contributed by atoms with Crippen LogP contribution in [0.3, 0.4) is 0 Å². The molecule has 3 aromatic rings. The van der Waals surface area contributed by atoms with Gasteiger partial charge in [-0.3, -0.25) is 4.98 Å². The standard InChI is InChI=1S/C31H35BN2/c1-30(2)22-32(31(30,3)4)26-16-13-23(14-17-26)28-20-24(25-10-9-19-33-21-25)15-18-29(28)34(5)27-11-7-6-8-12-27/h6-13,15-16,18-21H,14,17,22H2,1-5H3. The van der Waals surface area contributed by atoms with E-state index in [1.54, 1.807) is 5.47 Å². The lowest BCUT2D eigenvalue weighted by molar-refractivity contribution is 0.240. The van der Waals surface area contributed by atoms with Gasteiger partial charge in [-0.2, -0.15) is 0 Å². The summed E-state index contributed by atoms with van der Waals surface area (Å²) in [7, 11) is 2.17. The predicted octanol–water partition coefficient (Wildman–Crippen LogP) is 8.47. The fourth-order valence-electron chi connectivity index (χ4n) is 5.72. The van der Waals surface area contributed by atoms with E-state index >= 15 is 0 Å². The van der Waals surface area contributed by atoms with Gasteiger partial charge in [0.1, 0.15) is 0 Å². The first-order chi connectivity index (χ1) is 16.3. The van der Waals surface area contributed by atoms with E-state index in [9.17, 15) is 0 Å². The first-order valence-corrected chi connectivity index (χ1v) is 12.5. The third-order valence-corrected chi connectivity index (χ3v) is 8.80. The van der Waals surface area contributed by atoms with E-state index < -0.39 is 0 Å². The topological polar surface area (TPSA) is 16.1 Å². The Morgan fingerprint density at radius 1 is 0.853 bits per heavy atom. The van der Waals surface area contributed by atoms with Gasteiger partial charge in [0.05, 0.1) is 0 Å². The van der Waals surface area contributed by atoms with Gasteiger partial charge in [0.15, 0.2) is 6.71 Å². The molecule has 1 aliphatic carbocycles. The summed E-state index contributed by atoms with van der Waals surface area (Å²) in [6.45, 7) is 10.4. The van der Waals surface area contributed by atoms with Crippen LogP contribution in [0.2, 0.25) is 11.6 Å². The molecule has 0 atom stereocenters. The molecule has 0 spiro atoms. The molecule has 1 aromatic heterocycles. The molecule has 1 fully saturated rings. The first kappa shape index (κ1) is 22.7. The van der Waals surface area contributed by atoms with Crippen LogP contribution in [-0.2, 0) is 0 Å². The van der Waals surface area contributed by atoms with Crippen LogP contribution in [0.25, 0.3) is 16.7 Å². The van der Waals surface area contributed by atoms with Gasteiger partial charge >= 0.3 is 0 Å². The summed E-state index contributed by atoms with van der Waals surface area (Å²) in [6.07, 6.45) is 12.2. The highest BCUT2D eigenvalue weighted by Crippen LogP contribution is 2.63. The normalized spacial score (nSPS) is 18.6. The fraction of sp³-hybridized carbons (Fsp3) is 0.323. The molecule has 0 radical (unpaired) electrons. The van der Waals surface area contributed by atoms with Gasteiger partial charge in [0, 0.05) is 41.9 Å². The summed E-state index contributed by atoms with van der Waals surface area (Å²) in [6, 6.07) is 21.6. The second-order valence-electron chi connectivity index (χ2n) is 11.2. The molecule has 1 aliphatic heterocycles. The maximum atomic E-state index is 4.34. The van der Waals surface area contributed by atoms with Crippen LogP contribution >= 0.6 is 0 Å². The van der Waals surface area contributed by atoms with E-state index in [1.165, 1.54) is 34.4 Å². The van der Waals surface area contributed by atoms with Crippen molar-refractivity contribution in [1.82, 2.24) is 4.98 Å². The van der Waals surface area contributed by atoms with Gasteiger partial charge in [-0.25, -0.2) is 0 Å². The Morgan fingerprint density at radius 3 is 2.26 bits per heavy atom. The third-order valence-electron chi connectivity index (χ3n) is 8.80. The van der Waals surface area contributed by atoms with Crippen molar-refractivity contribution < 1.29 is 0 Å². The molecule has 1 saturated heterocycles. The summed E-state index contributed by atoms with van der Waals surface area (Å²) >= 11 is 0. The third kappa shape index (κ3) is 3.92. The predicted molar refractivity (Wildman–Crippen MR) is 148 cm³/mol. The number of hydrogen-bond acceptors (Lipinski definition) is 2. The van der Waals surface area contributed by atoms with E-state index in [0.29, 0.717) is 17.4 Å². The molecule has 2 nitrogen and oxygen atoms in total. The number of para-hydroxylation sites is 1. The fourth-order valence-corrected chi connectivity index (χ4v) is 5.72. The van der Waals surface area contributed by atoms with Crippen LogP contribution in [0.15, 0.2) is 90.7 Å². The number of allylic oxidation sites excluding steroid dienone is 4. The molecule has 0 unspecified atom stereocenters. The summed E-state index contributed by atoms with van der Waals surface area (Å²) in [5.74, 6) is 0. The minimum absolute atomic E-state index is 0.364. The molecular formula is C31H35BN2. The lowest BCUT2D eigenvalue weighted by atomic mass is 9.12. The van der Waals surface area contributed by atoms with Gasteiger partial charge in [-0.15, -0.1) is 5.47 Å². The second-order valence-corrected chi connectivity index (χ2v) is 11.2. The van der Waals surface area contributed by atoms with Crippen molar-refractivity contribution in [3.05, 3.63) is 96.2 Å². The molecule has 0 bridgehead atoms. The zero-order chi connectivity index (χ0) is 23.9. The number of pyridine rings is 1. The quantitative estimate of drug-likeness (QED) is 0.365. The van der Waals surface area contributed by atoms with Crippen molar-refractivity contribution in [3.8, 4) is 11.1 Å². The average Bonchev–Trinajstić information content (AvgIpc) is 2.88. The Hall–Kier alpha value is -3.07. The van der Waals surface area contributed by atoms with Gasteiger partial charge in [0.2, 0.25) is 0 Å². The minimum atomic E-state index is 0.364. The number of nitrogens with zero attached hydrogens (tertiary/aromatic N) is 2. The Balaban J connectivity index is 1.54. The Morgan fingerprint density at radius 2 is 1.65 bits per heavy atom. The van der Waals surface area contributed by atoms with Crippen LogP contribution in [0.1, 0.15) is 46.1 Å². The van der Waals surface area contributed by atoms with Crippen molar-refractivity contribution >= 4 is 23.7 Å². The van der Waals surface area contributed by atoms with E-state index in [-0.39, 0.29) is 0 Å². The summed E-state index contributed by atoms with van der Waals surface area (Å²) in [5.41, 5.74) is 9.60. The lowest BCUT2D eigenvalue weighted by Gasteiger charge is -2.58. The lowest BCUT2D eigenvalue weighted by Crippen LogP contribution is -2.54. The molecule has 3 heteroatoms. The van der Waals surface area contributed by atoms with Crippen molar-refractivity contribution in [1.29, 1.82) is 0 Å². The molecule has 172 valence electrons. The average molecular weight is 446 g/mol. The maximum Gasteiger partial charge on any atom is 0.177 e. The number of hydrogen-bond donors (Lipinski definition) is 0. The van der Waals surface area contributed by atoms with Crippen molar-refractivity contribution in [2.45, 2.75) is 52.2 Å².